The molecule has 7 nitrogen and oxygen atoms in total. The zero-order valence-corrected chi connectivity index (χ0v) is 19.8. The second-order valence-electron chi connectivity index (χ2n) is 7.77. The summed E-state index contributed by atoms with van der Waals surface area (Å²) < 4.78 is 38.6. The number of hydrogen-bond donors (Lipinski definition) is 1. The van der Waals surface area contributed by atoms with Crippen LogP contribution in [0.4, 0.5) is 0 Å². The van der Waals surface area contributed by atoms with Crippen LogP contribution in [0.25, 0.3) is 0 Å². The van der Waals surface area contributed by atoms with Crippen molar-refractivity contribution in [3.63, 3.8) is 0 Å². The molecular weight excluding hydrogens is 428 g/mol. The van der Waals surface area contributed by atoms with Crippen molar-refractivity contribution in [1.29, 1.82) is 0 Å². The molecule has 0 radical (unpaired) electrons. The van der Waals surface area contributed by atoms with E-state index in [0.717, 1.165) is 24.2 Å². The van der Waals surface area contributed by atoms with Gasteiger partial charge < -0.3 is 14.8 Å². The monoisotopic (exact) mass is 460 g/mol. The lowest BCUT2D eigenvalue weighted by atomic mass is 10.1. The average Bonchev–Trinajstić information content (AvgIpc) is 3.31. The third kappa shape index (κ3) is 5.42. The number of methoxy groups -OCH3 is 1. The molecule has 8 heteroatoms. The molecule has 0 heterocycles. The van der Waals surface area contributed by atoms with Crippen molar-refractivity contribution in [2.24, 2.45) is 0 Å². The molecule has 1 aliphatic rings. The normalized spacial score (nSPS) is 14.5. The van der Waals surface area contributed by atoms with E-state index >= 15 is 0 Å². The van der Waals surface area contributed by atoms with E-state index in [0.29, 0.717) is 18.8 Å². The summed E-state index contributed by atoms with van der Waals surface area (Å²) in [5.74, 6) is 0.676. The summed E-state index contributed by atoms with van der Waals surface area (Å²) in [6.07, 6.45) is 4.66. The van der Waals surface area contributed by atoms with Gasteiger partial charge in [0.2, 0.25) is 10.0 Å². The van der Waals surface area contributed by atoms with Crippen molar-refractivity contribution < 1.29 is 22.7 Å². The summed E-state index contributed by atoms with van der Waals surface area (Å²) in [5, 5.41) is 2.88. The minimum Gasteiger partial charge on any atom is -0.496 e. The Morgan fingerprint density at radius 3 is 2.41 bits per heavy atom. The molecule has 1 aliphatic carbocycles. The number of benzene rings is 2. The van der Waals surface area contributed by atoms with Gasteiger partial charge in [0, 0.05) is 25.2 Å². The van der Waals surface area contributed by atoms with E-state index in [2.05, 4.69) is 5.32 Å². The van der Waals surface area contributed by atoms with Crippen LogP contribution in [-0.2, 0) is 16.6 Å². The van der Waals surface area contributed by atoms with Gasteiger partial charge in [-0.1, -0.05) is 32.0 Å². The van der Waals surface area contributed by atoms with E-state index in [1.165, 1.54) is 42.5 Å². The molecule has 0 atom stereocenters. The smallest absolute Gasteiger partial charge is 0.255 e. The number of ether oxygens (including phenoxy) is 2. The van der Waals surface area contributed by atoms with Crippen molar-refractivity contribution in [1.82, 2.24) is 9.62 Å². The minimum absolute atomic E-state index is 0.0668. The molecule has 2 aromatic rings. The van der Waals surface area contributed by atoms with Crippen molar-refractivity contribution in [3.05, 3.63) is 53.6 Å². The first-order chi connectivity index (χ1) is 15.4. The number of amides is 1. The van der Waals surface area contributed by atoms with Gasteiger partial charge in [0.1, 0.15) is 11.5 Å². The van der Waals surface area contributed by atoms with E-state index in [9.17, 15) is 13.2 Å². The minimum atomic E-state index is -3.69. The lowest BCUT2D eigenvalue weighted by molar-refractivity contribution is 0.0947. The van der Waals surface area contributed by atoms with E-state index in [1.54, 1.807) is 13.8 Å². The maximum absolute atomic E-state index is 13.0. The van der Waals surface area contributed by atoms with Gasteiger partial charge >= 0.3 is 0 Å². The fraction of sp³-hybridized carbons (Fsp3) is 0.458. The van der Waals surface area contributed by atoms with Gasteiger partial charge in [0.25, 0.3) is 5.91 Å². The predicted octanol–water partition coefficient (Wildman–Crippen LogP) is 3.98. The lowest BCUT2D eigenvalue weighted by Crippen LogP contribution is -2.31. The van der Waals surface area contributed by atoms with Gasteiger partial charge in [-0.25, -0.2) is 8.42 Å². The Morgan fingerprint density at radius 2 is 1.75 bits per heavy atom. The molecule has 0 spiro atoms. The molecule has 0 bridgehead atoms. The van der Waals surface area contributed by atoms with E-state index in [4.69, 9.17) is 9.47 Å². The Balaban J connectivity index is 1.79. The Bertz CT molecular complexity index is 1030. The summed E-state index contributed by atoms with van der Waals surface area (Å²) in [5.41, 5.74) is 1.05. The molecule has 1 fully saturated rings. The molecule has 32 heavy (non-hydrogen) atoms. The predicted molar refractivity (Wildman–Crippen MR) is 124 cm³/mol. The number of sulfonamides is 1. The third-order valence-electron chi connectivity index (χ3n) is 5.77. The Labute approximate surface area is 190 Å². The van der Waals surface area contributed by atoms with Gasteiger partial charge in [-0.2, -0.15) is 4.31 Å². The summed E-state index contributed by atoms with van der Waals surface area (Å²) in [7, 11) is -2.24. The Hall–Kier alpha value is -2.58. The van der Waals surface area contributed by atoms with E-state index in [-0.39, 0.29) is 23.1 Å². The summed E-state index contributed by atoms with van der Waals surface area (Å²) in [6.45, 7) is 4.53. The molecule has 1 N–H and O–H groups in total. The van der Waals surface area contributed by atoms with Crippen LogP contribution in [0.5, 0.6) is 11.5 Å². The zero-order valence-electron chi connectivity index (χ0n) is 19.0. The molecule has 1 amide bonds. The van der Waals surface area contributed by atoms with Crippen LogP contribution in [0, 0.1) is 0 Å². The summed E-state index contributed by atoms with van der Waals surface area (Å²) >= 11 is 0. The third-order valence-corrected chi connectivity index (χ3v) is 7.81. The van der Waals surface area contributed by atoms with Gasteiger partial charge in [-0.3, -0.25) is 4.79 Å². The standard InChI is InChI=1S/C24H32N2O5S/c1-4-26(5-2)32(28,29)20-14-15-23(30-3)21(16-20)24(27)25-17-18-10-6-9-13-22(18)31-19-11-7-8-12-19/h6,9-10,13-16,19H,4-5,7-8,11-12,17H2,1-3H3,(H,25,27). The Kier molecular flexibility index (Phi) is 8.15. The van der Waals surface area contributed by atoms with Crippen molar-refractivity contribution in [3.8, 4) is 11.5 Å². The van der Waals surface area contributed by atoms with Crippen LogP contribution >= 0.6 is 0 Å². The summed E-state index contributed by atoms with van der Waals surface area (Å²) in [4.78, 5) is 13.1. The van der Waals surface area contributed by atoms with E-state index < -0.39 is 15.9 Å². The quantitative estimate of drug-likeness (QED) is 0.580. The highest BCUT2D eigenvalue weighted by molar-refractivity contribution is 7.89. The zero-order chi connectivity index (χ0) is 23.1. The maximum atomic E-state index is 13.0. The highest BCUT2D eigenvalue weighted by Crippen LogP contribution is 2.28. The van der Waals surface area contributed by atoms with Gasteiger partial charge in [-0.15, -0.1) is 0 Å². The van der Waals surface area contributed by atoms with Gasteiger partial charge in [0.15, 0.2) is 0 Å². The van der Waals surface area contributed by atoms with Crippen LogP contribution in [0.1, 0.15) is 55.5 Å². The first-order valence-electron chi connectivity index (χ1n) is 11.1. The number of nitrogens with one attached hydrogen (secondary N) is 1. The molecule has 3 rings (SSSR count). The molecule has 0 saturated heterocycles. The van der Waals surface area contributed by atoms with Gasteiger partial charge in [-0.05, 0) is 49.9 Å². The SMILES string of the molecule is CCN(CC)S(=O)(=O)c1ccc(OC)c(C(=O)NCc2ccccc2OC2CCCC2)c1. The van der Waals surface area contributed by atoms with Crippen molar-refractivity contribution in [2.75, 3.05) is 20.2 Å². The highest BCUT2D eigenvalue weighted by Gasteiger charge is 2.25. The number of carbonyl (C=O) groups excluding carboxylic acids is 1. The number of rotatable bonds is 10. The highest BCUT2D eigenvalue weighted by atomic mass is 32.2. The summed E-state index contributed by atoms with van der Waals surface area (Å²) in [6, 6.07) is 12.0. The van der Waals surface area contributed by atoms with Crippen LogP contribution in [0.3, 0.4) is 0 Å². The number of hydrogen-bond acceptors (Lipinski definition) is 5. The first kappa shape index (κ1) is 24.1. The molecule has 0 unspecified atom stereocenters. The first-order valence-corrected chi connectivity index (χ1v) is 12.6. The van der Waals surface area contributed by atoms with E-state index in [1.807, 2.05) is 24.3 Å². The molecule has 0 aromatic heterocycles. The second kappa shape index (κ2) is 10.8. The fourth-order valence-electron chi connectivity index (χ4n) is 3.96. The molecular formula is C24H32N2O5S. The number of para-hydroxylation sites is 1. The van der Waals surface area contributed by atoms with Crippen LogP contribution in [0.2, 0.25) is 0 Å². The molecule has 1 saturated carbocycles. The van der Waals surface area contributed by atoms with Crippen molar-refractivity contribution >= 4 is 15.9 Å². The topological polar surface area (TPSA) is 84.9 Å². The number of nitrogens with zero attached hydrogens (tertiary/aromatic N) is 1. The van der Waals surface area contributed by atoms with Gasteiger partial charge in [0.05, 0.1) is 23.7 Å². The largest absolute Gasteiger partial charge is 0.496 e. The van der Waals surface area contributed by atoms with Crippen LogP contribution < -0.4 is 14.8 Å². The second-order valence-corrected chi connectivity index (χ2v) is 9.70. The fourth-order valence-corrected chi connectivity index (χ4v) is 5.44. The Morgan fingerprint density at radius 1 is 1.06 bits per heavy atom. The molecule has 0 aliphatic heterocycles. The molecule has 174 valence electrons. The van der Waals surface area contributed by atoms with Crippen LogP contribution in [-0.4, -0.2) is 44.9 Å². The molecule has 2 aromatic carbocycles. The average molecular weight is 461 g/mol. The van der Waals surface area contributed by atoms with Crippen molar-refractivity contribution in [2.45, 2.75) is 57.1 Å². The number of carbonyl (C=O) groups is 1. The van der Waals surface area contributed by atoms with Crippen LogP contribution in [0.15, 0.2) is 47.4 Å². The lowest BCUT2D eigenvalue weighted by Gasteiger charge is -2.19. The maximum Gasteiger partial charge on any atom is 0.255 e.